The minimum absolute atomic E-state index is 0.0276. The molecule has 0 aromatic heterocycles. The predicted octanol–water partition coefficient (Wildman–Crippen LogP) is 4.07. The number of amides is 1. The number of nitrogens with zero attached hydrogens (tertiary/aromatic N) is 1. The van der Waals surface area contributed by atoms with Crippen LogP contribution in [0, 0.1) is 0 Å². The van der Waals surface area contributed by atoms with Crippen molar-refractivity contribution in [2.24, 2.45) is 0 Å². The van der Waals surface area contributed by atoms with E-state index in [9.17, 15) is 4.79 Å². The van der Waals surface area contributed by atoms with Crippen molar-refractivity contribution in [2.75, 3.05) is 6.61 Å². The summed E-state index contributed by atoms with van der Waals surface area (Å²) in [5, 5.41) is 0. The average Bonchev–Trinajstić information content (AvgIpc) is 2.94. The Hall–Kier alpha value is -1.77. The molecular formula is C17H21NO2. The van der Waals surface area contributed by atoms with Gasteiger partial charge in [0.15, 0.2) is 0 Å². The van der Waals surface area contributed by atoms with Gasteiger partial charge in [0.05, 0.1) is 11.6 Å². The lowest BCUT2D eigenvalue weighted by Gasteiger charge is -2.31. The van der Waals surface area contributed by atoms with Crippen LogP contribution in [0.15, 0.2) is 42.5 Å². The zero-order valence-electron chi connectivity index (χ0n) is 12.0. The third-order valence-electron chi connectivity index (χ3n) is 4.50. The first-order valence-corrected chi connectivity index (χ1v) is 7.38. The number of benzene rings is 1. The standard InChI is InChI=1S/C17H21NO2/c1-3-4-10-17(11-13(17)2)18-15(12-20-16(18)19)14-8-6-5-7-9-14/h5-9,15H,2-4,10-12H2,1H3/t15-,17-/m1/s1. The predicted molar refractivity (Wildman–Crippen MR) is 78.4 cm³/mol. The minimum Gasteiger partial charge on any atom is -0.447 e. The molecular weight excluding hydrogens is 250 g/mol. The molecule has 1 amide bonds. The first-order chi connectivity index (χ1) is 9.69. The molecule has 0 bridgehead atoms. The first kappa shape index (κ1) is 13.2. The van der Waals surface area contributed by atoms with E-state index in [4.69, 9.17) is 4.74 Å². The Bertz CT molecular complexity index is 525. The summed E-state index contributed by atoms with van der Waals surface area (Å²) in [4.78, 5) is 14.2. The minimum atomic E-state index is -0.186. The van der Waals surface area contributed by atoms with Crippen molar-refractivity contribution >= 4 is 6.09 Å². The molecule has 2 fully saturated rings. The second-order valence-corrected chi connectivity index (χ2v) is 5.79. The molecule has 20 heavy (non-hydrogen) atoms. The van der Waals surface area contributed by atoms with Crippen molar-refractivity contribution in [3.05, 3.63) is 48.0 Å². The lowest BCUT2D eigenvalue weighted by molar-refractivity contribution is 0.137. The van der Waals surface area contributed by atoms with Gasteiger partial charge in [-0.3, -0.25) is 4.90 Å². The van der Waals surface area contributed by atoms with E-state index in [0.717, 1.165) is 31.2 Å². The fraction of sp³-hybridized carbons (Fsp3) is 0.471. The molecule has 1 aromatic carbocycles. The van der Waals surface area contributed by atoms with Gasteiger partial charge in [0, 0.05) is 0 Å². The molecule has 106 valence electrons. The van der Waals surface area contributed by atoms with E-state index in [-0.39, 0.29) is 17.7 Å². The largest absolute Gasteiger partial charge is 0.447 e. The SMILES string of the molecule is C=C1C[C@@]1(CCCC)N1C(=O)OC[C@@H]1c1ccccc1. The van der Waals surface area contributed by atoms with E-state index >= 15 is 0 Å². The fourth-order valence-corrected chi connectivity index (χ4v) is 3.23. The highest BCUT2D eigenvalue weighted by Crippen LogP contribution is 2.55. The Morgan fingerprint density at radius 1 is 1.40 bits per heavy atom. The van der Waals surface area contributed by atoms with Crippen molar-refractivity contribution in [2.45, 2.75) is 44.2 Å². The third kappa shape index (κ3) is 2.01. The molecule has 1 saturated carbocycles. The molecule has 3 rings (SSSR count). The third-order valence-corrected chi connectivity index (χ3v) is 4.50. The van der Waals surface area contributed by atoms with Gasteiger partial charge in [0.25, 0.3) is 0 Å². The number of rotatable bonds is 5. The normalized spacial score (nSPS) is 28.6. The van der Waals surface area contributed by atoms with Crippen LogP contribution in [0.1, 0.15) is 44.2 Å². The number of hydrogen-bond donors (Lipinski definition) is 0. The maximum atomic E-state index is 12.2. The van der Waals surface area contributed by atoms with E-state index in [0.29, 0.717) is 6.61 Å². The van der Waals surface area contributed by atoms with Crippen LogP contribution >= 0.6 is 0 Å². The number of hydrogen-bond acceptors (Lipinski definition) is 2. The van der Waals surface area contributed by atoms with Gasteiger partial charge in [-0.05, 0) is 24.0 Å². The van der Waals surface area contributed by atoms with Crippen LogP contribution in [0.3, 0.4) is 0 Å². The van der Waals surface area contributed by atoms with Crippen LogP contribution in [0.2, 0.25) is 0 Å². The molecule has 1 aliphatic carbocycles. The van der Waals surface area contributed by atoms with Crippen LogP contribution in [0.5, 0.6) is 0 Å². The second-order valence-electron chi connectivity index (χ2n) is 5.79. The van der Waals surface area contributed by atoms with Gasteiger partial charge in [-0.25, -0.2) is 4.79 Å². The molecule has 1 heterocycles. The van der Waals surface area contributed by atoms with Crippen LogP contribution in [-0.4, -0.2) is 23.1 Å². The molecule has 1 saturated heterocycles. The molecule has 3 heteroatoms. The van der Waals surface area contributed by atoms with Gasteiger partial charge in [0.1, 0.15) is 6.61 Å². The molecule has 0 N–H and O–H groups in total. The van der Waals surface area contributed by atoms with Crippen LogP contribution in [0.25, 0.3) is 0 Å². The molecule has 1 aromatic rings. The topological polar surface area (TPSA) is 29.5 Å². The van der Waals surface area contributed by atoms with Gasteiger partial charge in [-0.1, -0.05) is 56.7 Å². The molecule has 3 nitrogen and oxygen atoms in total. The Balaban J connectivity index is 1.89. The van der Waals surface area contributed by atoms with Crippen molar-refractivity contribution in [3.63, 3.8) is 0 Å². The van der Waals surface area contributed by atoms with E-state index in [1.165, 1.54) is 5.57 Å². The lowest BCUT2D eigenvalue weighted by Crippen LogP contribution is -2.40. The van der Waals surface area contributed by atoms with Crippen LogP contribution in [-0.2, 0) is 4.74 Å². The summed E-state index contributed by atoms with van der Waals surface area (Å²) in [6.07, 6.45) is 3.98. The summed E-state index contributed by atoms with van der Waals surface area (Å²) in [5.41, 5.74) is 2.17. The summed E-state index contributed by atoms with van der Waals surface area (Å²) < 4.78 is 5.33. The number of unbranched alkanes of at least 4 members (excludes halogenated alkanes) is 1. The van der Waals surface area contributed by atoms with Gasteiger partial charge in [-0.15, -0.1) is 0 Å². The summed E-state index contributed by atoms with van der Waals surface area (Å²) in [5.74, 6) is 0. The Kier molecular flexibility index (Phi) is 3.28. The van der Waals surface area contributed by atoms with Crippen LogP contribution < -0.4 is 0 Å². The molecule has 0 unspecified atom stereocenters. The number of cyclic esters (lactones) is 1. The Morgan fingerprint density at radius 2 is 2.10 bits per heavy atom. The molecule has 2 aliphatic rings. The number of carbonyl (C=O) groups excluding carboxylic acids is 1. The fourth-order valence-electron chi connectivity index (χ4n) is 3.23. The van der Waals surface area contributed by atoms with Crippen LogP contribution in [0.4, 0.5) is 4.79 Å². The van der Waals surface area contributed by atoms with Crippen molar-refractivity contribution < 1.29 is 9.53 Å². The molecule has 0 radical (unpaired) electrons. The van der Waals surface area contributed by atoms with E-state index in [1.54, 1.807) is 0 Å². The van der Waals surface area contributed by atoms with Crippen molar-refractivity contribution in [1.82, 2.24) is 4.90 Å². The quantitative estimate of drug-likeness (QED) is 0.755. The van der Waals surface area contributed by atoms with E-state index in [2.05, 4.69) is 25.6 Å². The van der Waals surface area contributed by atoms with Crippen molar-refractivity contribution in [3.8, 4) is 0 Å². The Morgan fingerprint density at radius 3 is 2.70 bits per heavy atom. The molecule has 0 spiro atoms. The highest BCUT2D eigenvalue weighted by molar-refractivity contribution is 5.74. The number of carbonyl (C=O) groups is 1. The van der Waals surface area contributed by atoms with Gasteiger partial charge in [-0.2, -0.15) is 0 Å². The van der Waals surface area contributed by atoms with E-state index < -0.39 is 0 Å². The zero-order chi connectivity index (χ0) is 14.2. The monoisotopic (exact) mass is 271 g/mol. The maximum Gasteiger partial charge on any atom is 0.411 e. The summed E-state index contributed by atoms with van der Waals surface area (Å²) in [6, 6.07) is 10.2. The number of ether oxygens (including phenoxy) is 1. The average molecular weight is 271 g/mol. The Labute approximate surface area is 120 Å². The summed E-state index contributed by atoms with van der Waals surface area (Å²) >= 11 is 0. The van der Waals surface area contributed by atoms with Gasteiger partial charge in [0.2, 0.25) is 0 Å². The second kappa shape index (κ2) is 4.97. The summed E-state index contributed by atoms with van der Waals surface area (Å²) in [7, 11) is 0. The summed E-state index contributed by atoms with van der Waals surface area (Å²) in [6.45, 7) is 6.76. The smallest absolute Gasteiger partial charge is 0.411 e. The maximum absolute atomic E-state index is 12.2. The van der Waals surface area contributed by atoms with Gasteiger partial charge >= 0.3 is 6.09 Å². The highest BCUT2D eigenvalue weighted by Gasteiger charge is 2.58. The van der Waals surface area contributed by atoms with Gasteiger partial charge < -0.3 is 4.74 Å². The molecule has 2 atom stereocenters. The first-order valence-electron chi connectivity index (χ1n) is 7.38. The zero-order valence-corrected chi connectivity index (χ0v) is 12.0. The molecule has 1 aliphatic heterocycles. The lowest BCUT2D eigenvalue weighted by atomic mass is 10.0. The highest BCUT2D eigenvalue weighted by atomic mass is 16.6. The van der Waals surface area contributed by atoms with E-state index in [1.807, 2.05) is 23.1 Å². The van der Waals surface area contributed by atoms with Crippen molar-refractivity contribution in [1.29, 1.82) is 0 Å².